The number of amides is 1. The number of benzene rings is 1. The SMILES string of the molecule is COCc1cc(C)nc2sc(C(=O)N/N=C/c3cn[nH]c3-c3ccc(OC)cc3)c(-n3cccc3)c12. The minimum absolute atomic E-state index is 0.325. The second-order valence-corrected chi connectivity index (χ2v) is 9.03. The molecule has 0 bridgehead atoms. The van der Waals surface area contributed by atoms with Gasteiger partial charge in [0.15, 0.2) is 0 Å². The topological polar surface area (TPSA) is 106 Å². The Hall–Kier alpha value is -4.28. The van der Waals surface area contributed by atoms with E-state index in [1.807, 2.05) is 66.3 Å². The first-order chi connectivity index (χ1) is 17.6. The van der Waals surface area contributed by atoms with Gasteiger partial charge >= 0.3 is 0 Å². The molecule has 2 N–H and O–H groups in total. The van der Waals surface area contributed by atoms with Crippen molar-refractivity contribution in [1.29, 1.82) is 0 Å². The number of aryl methyl sites for hydroxylation is 1. The molecule has 1 aromatic carbocycles. The summed E-state index contributed by atoms with van der Waals surface area (Å²) in [6.07, 6.45) is 7.04. The summed E-state index contributed by atoms with van der Waals surface area (Å²) in [5.41, 5.74) is 7.72. The summed E-state index contributed by atoms with van der Waals surface area (Å²) in [6.45, 7) is 2.35. The maximum atomic E-state index is 13.3. The molecule has 0 saturated carbocycles. The molecule has 0 aliphatic carbocycles. The van der Waals surface area contributed by atoms with Gasteiger partial charge in [0.1, 0.15) is 15.5 Å². The normalized spacial score (nSPS) is 11.4. The summed E-state index contributed by atoms with van der Waals surface area (Å²) >= 11 is 1.33. The van der Waals surface area contributed by atoms with E-state index in [0.717, 1.165) is 49.7 Å². The largest absolute Gasteiger partial charge is 0.497 e. The number of fused-ring (bicyclic) bond motifs is 1. The zero-order chi connectivity index (χ0) is 25.1. The average molecular weight is 501 g/mol. The van der Waals surface area contributed by atoms with Gasteiger partial charge in [0, 0.05) is 41.7 Å². The molecule has 0 radical (unpaired) electrons. The number of carbonyl (C=O) groups excluding carboxylic acids is 1. The Balaban J connectivity index is 1.46. The van der Waals surface area contributed by atoms with Crippen molar-refractivity contribution in [3.63, 3.8) is 0 Å². The van der Waals surface area contributed by atoms with E-state index in [2.05, 4.69) is 25.7 Å². The monoisotopic (exact) mass is 500 g/mol. The van der Waals surface area contributed by atoms with Crippen molar-refractivity contribution in [2.75, 3.05) is 14.2 Å². The summed E-state index contributed by atoms with van der Waals surface area (Å²) in [5, 5.41) is 12.2. The van der Waals surface area contributed by atoms with Gasteiger partial charge in [-0.15, -0.1) is 11.3 Å². The minimum atomic E-state index is -0.325. The third-order valence-corrected chi connectivity index (χ3v) is 6.70. The van der Waals surface area contributed by atoms with Crippen molar-refractivity contribution in [2.24, 2.45) is 5.10 Å². The molecule has 4 heterocycles. The smallest absolute Gasteiger partial charge is 0.283 e. The van der Waals surface area contributed by atoms with Gasteiger partial charge in [-0.05, 0) is 55.0 Å². The van der Waals surface area contributed by atoms with Crippen LogP contribution in [0.4, 0.5) is 0 Å². The Morgan fingerprint density at radius 1 is 1.22 bits per heavy atom. The number of methoxy groups -OCH3 is 2. The van der Waals surface area contributed by atoms with E-state index in [9.17, 15) is 4.79 Å². The molecule has 0 aliphatic rings. The number of hydrazone groups is 1. The predicted molar refractivity (Wildman–Crippen MR) is 140 cm³/mol. The third kappa shape index (κ3) is 4.51. The number of nitrogens with one attached hydrogen (secondary N) is 2. The Morgan fingerprint density at radius 2 is 2.00 bits per heavy atom. The standard InChI is InChI=1S/C26H24N6O3S/c1-16-12-18(15-34-2)21-23(32-10-4-5-11-32)24(36-26(21)29-16)25(33)31-28-14-19-13-27-30-22(19)17-6-8-20(35-3)9-7-17/h4-14H,15H2,1-3H3,(H,27,30)(H,31,33)/b28-14+. The van der Waals surface area contributed by atoms with E-state index in [0.29, 0.717) is 11.5 Å². The highest BCUT2D eigenvalue weighted by atomic mass is 32.1. The van der Waals surface area contributed by atoms with Crippen LogP contribution in [0.2, 0.25) is 0 Å². The van der Waals surface area contributed by atoms with Gasteiger partial charge in [-0.1, -0.05) is 0 Å². The van der Waals surface area contributed by atoms with Crippen molar-refractivity contribution >= 4 is 33.7 Å². The van der Waals surface area contributed by atoms with E-state index in [1.54, 1.807) is 26.6 Å². The molecule has 182 valence electrons. The Bertz CT molecular complexity index is 1530. The summed E-state index contributed by atoms with van der Waals surface area (Å²) in [6, 6.07) is 13.4. The van der Waals surface area contributed by atoms with Crippen molar-refractivity contribution in [3.8, 4) is 22.7 Å². The van der Waals surface area contributed by atoms with Crippen LogP contribution in [0.3, 0.4) is 0 Å². The second-order valence-electron chi connectivity index (χ2n) is 8.03. The van der Waals surface area contributed by atoms with Crippen LogP contribution in [0.15, 0.2) is 66.2 Å². The molecule has 36 heavy (non-hydrogen) atoms. The quantitative estimate of drug-likeness (QED) is 0.237. The zero-order valence-corrected chi connectivity index (χ0v) is 20.8. The molecule has 0 aliphatic heterocycles. The van der Waals surface area contributed by atoms with Crippen molar-refractivity contribution in [2.45, 2.75) is 13.5 Å². The van der Waals surface area contributed by atoms with E-state index in [1.165, 1.54) is 11.3 Å². The molecule has 1 amide bonds. The fraction of sp³-hybridized carbons (Fsp3) is 0.154. The van der Waals surface area contributed by atoms with E-state index in [4.69, 9.17) is 9.47 Å². The van der Waals surface area contributed by atoms with Gasteiger partial charge in [-0.25, -0.2) is 10.4 Å². The molecule has 4 aromatic heterocycles. The number of aromatic amines is 1. The van der Waals surface area contributed by atoms with Crippen LogP contribution in [0.25, 0.3) is 27.2 Å². The van der Waals surface area contributed by atoms with Gasteiger partial charge in [0.25, 0.3) is 5.91 Å². The van der Waals surface area contributed by atoms with Gasteiger partial charge in [0.05, 0.1) is 37.5 Å². The summed E-state index contributed by atoms with van der Waals surface area (Å²) < 4.78 is 12.6. The van der Waals surface area contributed by atoms with Crippen LogP contribution in [0.1, 0.15) is 26.5 Å². The number of hydrogen-bond donors (Lipinski definition) is 2. The Morgan fingerprint density at radius 3 is 2.72 bits per heavy atom. The lowest BCUT2D eigenvalue weighted by Crippen LogP contribution is -2.18. The van der Waals surface area contributed by atoms with Crippen molar-refractivity contribution < 1.29 is 14.3 Å². The highest BCUT2D eigenvalue weighted by Gasteiger charge is 2.23. The Kier molecular flexibility index (Phi) is 6.61. The van der Waals surface area contributed by atoms with Gasteiger partial charge in [-0.2, -0.15) is 10.2 Å². The van der Waals surface area contributed by atoms with E-state index < -0.39 is 0 Å². The highest BCUT2D eigenvalue weighted by Crippen LogP contribution is 2.36. The molecule has 5 rings (SSSR count). The number of rotatable bonds is 8. The lowest BCUT2D eigenvalue weighted by atomic mass is 10.1. The molecule has 0 atom stereocenters. The maximum absolute atomic E-state index is 13.3. The minimum Gasteiger partial charge on any atom is -0.497 e. The van der Waals surface area contributed by atoms with Crippen LogP contribution in [0, 0.1) is 6.92 Å². The number of H-pyrrole nitrogens is 1. The first-order valence-electron chi connectivity index (χ1n) is 11.2. The highest BCUT2D eigenvalue weighted by molar-refractivity contribution is 7.21. The van der Waals surface area contributed by atoms with Gasteiger partial charge in [0.2, 0.25) is 0 Å². The predicted octanol–water partition coefficient (Wildman–Crippen LogP) is 4.70. The number of carbonyl (C=O) groups is 1. The molecule has 0 spiro atoms. The number of pyridine rings is 1. The molecular weight excluding hydrogens is 476 g/mol. The maximum Gasteiger partial charge on any atom is 0.283 e. The third-order valence-electron chi connectivity index (χ3n) is 5.63. The van der Waals surface area contributed by atoms with Crippen molar-refractivity contribution in [1.82, 2.24) is 25.2 Å². The second kappa shape index (κ2) is 10.1. The lowest BCUT2D eigenvalue weighted by molar-refractivity contribution is 0.0959. The molecule has 5 aromatic rings. The summed E-state index contributed by atoms with van der Waals surface area (Å²) in [7, 11) is 3.28. The number of ether oxygens (including phenoxy) is 2. The number of aromatic nitrogens is 4. The first kappa shape index (κ1) is 23.5. The molecule has 10 heteroatoms. The fourth-order valence-electron chi connectivity index (χ4n) is 4.04. The molecule has 9 nitrogen and oxygen atoms in total. The molecule has 0 fully saturated rings. The van der Waals surface area contributed by atoms with Crippen molar-refractivity contribution in [3.05, 3.63) is 82.8 Å². The van der Waals surface area contributed by atoms with Crippen LogP contribution in [-0.4, -0.2) is 46.1 Å². The molecule has 0 unspecified atom stereocenters. The van der Waals surface area contributed by atoms with Crippen LogP contribution in [0.5, 0.6) is 5.75 Å². The van der Waals surface area contributed by atoms with Crippen LogP contribution in [-0.2, 0) is 11.3 Å². The zero-order valence-electron chi connectivity index (χ0n) is 20.0. The fourth-order valence-corrected chi connectivity index (χ4v) is 5.20. The number of nitrogens with zero attached hydrogens (tertiary/aromatic N) is 4. The number of thiophene rings is 1. The summed E-state index contributed by atoms with van der Waals surface area (Å²) in [5.74, 6) is 0.439. The number of hydrogen-bond acceptors (Lipinski definition) is 7. The molecule has 0 saturated heterocycles. The lowest BCUT2D eigenvalue weighted by Gasteiger charge is -2.09. The van der Waals surface area contributed by atoms with E-state index >= 15 is 0 Å². The van der Waals surface area contributed by atoms with Gasteiger partial charge in [-0.3, -0.25) is 9.89 Å². The van der Waals surface area contributed by atoms with Gasteiger partial charge < -0.3 is 14.0 Å². The van der Waals surface area contributed by atoms with E-state index in [-0.39, 0.29) is 5.91 Å². The average Bonchev–Trinajstić information content (AvgIpc) is 3.64. The summed E-state index contributed by atoms with van der Waals surface area (Å²) in [4.78, 5) is 19.3. The van der Waals surface area contributed by atoms with Crippen LogP contribution >= 0.6 is 11.3 Å². The Labute approximate surface area is 211 Å². The van der Waals surface area contributed by atoms with Crippen LogP contribution < -0.4 is 10.2 Å². The molecular formula is C26H24N6O3S. The first-order valence-corrected chi connectivity index (χ1v) is 12.0.